The van der Waals surface area contributed by atoms with E-state index in [2.05, 4.69) is 31.3 Å². The Kier molecular flexibility index (Phi) is 5.97. The average Bonchev–Trinajstić information content (AvgIpc) is 2.59. The number of hydrogen-bond donors (Lipinski definition) is 1. The van der Waals surface area contributed by atoms with Crippen LogP contribution in [0.15, 0.2) is 53.6 Å². The number of carbonyl (C=O) groups is 1. The maximum atomic E-state index is 12.2. The second-order valence-electron chi connectivity index (χ2n) is 7.14. The van der Waals surface area contributed by atoms with Crippen LogP contribution in [-0.4, -0.2) is 18.7 Å². The normalized spacial score (nSPS) is 12.0. The van der Waals surface area contributed by atoms with Gasteiger partial charge in [0.05, 0.1) is 7.11 Å². The van der Waals surface area contributed by atoms with E-state index in [1.807, 2.05) is 55.5 Å². The molecule has 0 saturated heterocycles. The summed E-state index contributed by atoms with van der Waals surface area (Å²) >= 11 is 0. The number of methoxy groups -OCH3 is 1. The molecule has 0 unspecified atom stereocenters. The van der Waals surface area contributed by atoms with E-state index in [-0.39, 0.29) is 11.3 Å². The van der Waals surface area contributed by atoms with Crippen molar-refractivity contribution in [2.45, 2.75) is 39.5 Å². The van der Waals surface area contributed by atoms with Crippen molar-refractivity contribution < 1.29 is 9.53 Å². The van der Waals surface area contributed by atoms with Gasteiger partial charge in [0.2, 0.25) is 0 Å². The summed E-state index contributed by atoms with van der Waals surface area (Å²) in [6, 6.07) is 15.5. The topological polar surface area (TPSA) is 50.7 Å². The molecule has 0 saturated carbocycles. The van der Waals surface area contributed by atoms with Gasteiger partial charge in [-0.2, -0.15) is 5.10 Å². The predicted octanol–water partition coefficient (Wildman–Crippen LogP) is 4.34. The summed E-state index contributed by atoms with van der Waals surface area (Å²) in [5, 5.41) is 4.20. The van der Waals surface area contributed by atoms with Gasteiger partial charge in [0.15, 0.2) is 0 Å². The molecule has 0 aromatic heterocycles. The Hall–Kier alpha value is -2.62. The van der Waals surface area contributed by atoms with Gasteiger partial charge in [-0.1, -0.05) is 45.0 Å². The zero-order valence-electron chi connectivity index (χ0n) is 15.6. The molecule has 0 radical (unpaired) electrons. The Labute approximate surface area is 149 Å². The van der Waals surface area contributed by atoms with E-state index in [4.69, 9.17) is 4.74 Å². The van der Waals surface area contributed by atoms with Gasteiger partial charge in [0, 0.05) is 17.7 Å². The van der Waals surface area contributed by atoms with Crippen molar-refractivity contribution in [3.05, 3.63) is 65.2 Å². The third-order valence-corrected chi connectivity index (χ3v) is 3.98. The quantitative estimate of drug-likeness (QED) is 0.651. The largest absolute Gasteiger partial charge is 0.497 e. The van der Waals surface area contributed by atoms with Crippen LogP contribution in [0, 0.1) is 0 Å². The Morgan fingerprint density at radius 1 is 1.04 bits per heavy atom. The third-order valence-electron chi connectivity index (χ3n) is 3.98. The first-order chi connectivity index (χ1) is 11.8. The molecule has 25 heavy (non-hydrogen) atoms. The minimum atomic E-state index is -0.199. The number of hydrazone groups is 1. The first-order valence-electron chi connectivity index (χ1n) is 8.36. The van der Waals surface area contributed by atoms with Crippen LogP contribution in [0.3, 0.4) is 0 Å². The molecule has 0 aliphatic rings. The summed E-state index contributed by atoms with van der Waals surface area (Å²) in [7, 11) is 1.64. The van der Waals surface area contributed by atoms with E-state index in [1.54, 1.807) is 7.11 Å². The molecule has 132 valence electrons. The van der Waals surface area contributed by atoms with Crippen molar-refractivity contribution in [2.24, 2.45) is 5.10 Å². The van der Waals surface area contributed by atoms with Crippen LogP contribution in [0.4, 0.5) is 0 Å². The number of rotatable bonds is 5. The molecule has 0 aliphatic heterocycles. The van der Waals surface area contributed by atoms with E-state index in [0.29, 0.717) is 12.0 Å². The first-order valence-corrected chi connectivity index (χ1v) is 8.36. The molecule has 0 fully saturated rings. The monoisotopic (exact) mass is 338 g/mol. The van der Waals surface area contributed by atoms with Crippen molar-refractivity contribution in [3.63, 3.8) is 0 Å². The fraction of sp³-hybridized carbons (Fsp3) is 0.333. The Balaban J connectivity index is 1.96. The Morgan fingerprint density at radius 3 is 2.16 bits per heavy atom. The van der Waals surface area contributed by atoms with Crippen LogP contribution in [0.2, 0.25) is 0 Å². The number of ether oxygens (including phenoxy) is 1. The number of nitrogens with zero attached hydrogens (tertiary/aromatic N) is 1. The molecule has 2 aromatic carbocycles. The van der Waals surface area contributed by atoms with E-state index in [9.17, 15) is 4.79 Å². The third kappa shape index (κ3) is 5.45. The Morgan fingerprint density at radius 2 is 1.64 bits per heavy atom. The van der Waals surface area contributed by atoms with Crippen molar-refractivity contribution in [1.29, 1.82) is 0 Å². The van der Waals surface area contributed by atoms with Gasteiger partial charge in [-0.05, 0) is 47.7 Å². The highest BCUT2D eigenvalue weighted by molar-refractivity contribution is 5.95. The fourth-order valence-electron chi connectivity index (χ4n) is 2.41. The van der Waals surface area contributed by atoms with Crippen LogP contribution in [0.5, 0.6) is 5.75 Å². The van der Waals surface area contributed by atoms with E-state index in [0.717, 1.165) is 17.0 Å². The second kappa shape index (κ2) is 7.97. The van der Waals surface area contributed by atoms with Crippen LogP contribution in [0.25, 0.3) is 0 Å². The van der Waals surface area contributed by atoms with Crippen molar-refractivity contribution in [1.82, 2.24) is 5.43 Å². The minimum Gasteiger partial charge on any atom is -0.497 e. The summed E-state index contributed by atoms with van der Waals surface area (Å²) < 4.78 is 5.14. The summed E-state index contributed by atoms with van der Waals surface area (Å²) in [5.41, 5.74) is 6.45. The molecular weight excluding hydrogens is 312 g/mol. The molecule has 0 atom stereocenters. The highest BCUT2D eigenvalue weighted by Crippen LogP contribution is 2.22. The van der Waals surface area contributed by atoms with Gasteiger partial charge in [-0.3, -0.25) is 4.79 Å². The number of nitrogens with one attached hydrogen (secondary N) is 1. The zero-order valence-corrected chi connectivity index (χ0v) is 15.6. The van der Waals surface area contributed by atoms with Crippen molar-refractivity contribution in [2.75, 3.05) is 7.11 Å². The lowest BCUT2D eigenvalue weighted by atomic mass is 9.87. The van der Waals surface area contributed by atoms with Gasteiger partial charge in [0.25, 0.3) is 5.91 Å². The zero-order chi connectivity index (χ0) is 18.4. The average molecular weight is 338 g/mol. The van der Waals surface area contributed by atoms with Gasteiger partial charge >= 0.3 is 0 Å². The SMILES string of the molecule is COc1ccc(C/C(C)=N/NC(=O)c2ccc(C(C)(C)C)cc2)cc1. The standard InChI is InChI=1S/C21H26N2O2/c1-15(14-16-6-12-19(25-5)13-7-16)22-23-20(24)17-8-10-18(11-9-17)21(2,3)4/h6-13H,14H2,1-5H3,(H,23,24)/b22-15+. The van der Waals surface area contributed by atoms with Crippen molar-refractivity contribution >= 4 is 11.6 Å². The van der Waals surface area contributed by atoms with Gasteiger partial charge < -0.3 is 4.74 Å². The number of benzene rings is 2. The molecule has 0 bridgehead atoms. The fourth-order valence-corrected chi connectivity index (χ4v) is 2.41. The second-order valence-corrected chi connectivity index (χ2v) is 7.14. The van der Waals surface area contributed by atoms with Crippen LogP contribution in [0.1, 0.15) is 49.2 Å². The molecule has 0 aliphatic carbocycles. The molecule has 4 nitrogen and oxygen atoms in total. The van der Waals surface area contributed by atoms with Gasteiger partial charge in [0.1, 0.15) is 5.75 Å². The summed E-state index contributed by atoms with van der Waals surface area (Å²) in [4.78, 5) is 12.2. The number of hydrogen-bond acceptors (Lipinski definition) is 3. The number of carbonyl (C=O) groups excluding carboxylic acids is 1. The lowest BCUT2D eigenvalue weighted by Gasteiger charge is -2.18. The van der Waals surface area contributed by atoms with E-state index >= 15 is 0 Å². The highest BCUT2D eigenvalue weighted by Gasteiger charge is 2.14. The highest BCUT2D eigenvalue weighted by atomic mass is 16.5. The predicted molar refractivity (Wildman–Crippen MR) is 102 cm³/mol. The van der Waals surface area contributed by atoms with Crippen molar-refractivity contribution in [3.8, 4) is 5.75 Å². The molecule has 0 spiro atoms. The van der Waals surface area contributed by atoms with Crippen LogP contribution in [-0.2, 0) is 11.8 Å². The molecular formula is C21H26N2O2. The van der Waals surface area contributed by atoms with Crippen LogP contribution < -0.4 is 10.2 Å². The Bertz CT molecular complexity index is 739. The summed E-state index contributed by atoms with van der Waals surface area (Å²) in [5.74, 6) is 0.625. The maximum absolute atomic E-state index is 12.2. The molecule has 1 amide bonds. The molecule has 2 aromatic rings. The minimum absolute atomic E-state index is 0.0715. The summed E-state index contributed by atoms with van der Waals surface area (Å²) in [6.07, 6.45) is 0.674. The smallest absolute Gasteiger partial charge is 0.271 e. The first kappa shape index (κ1) is 18.7. The van der Waals surface area contributed by atoms with Gasteiger partial charge in [-0.15, -0.1) is 0 Å². The van der Waals surface area contributed by atoms with Gasteiger partial charge in [-0.25, -0.2) is 5.43 Å². The lowest BCUT2D eigenvalue weighted by molar-refractivity contribution is 0.0954. The summed E-state index contributed by atoms with van der Waals surface area (Å²) in [6.45, 7) is 8.34. The van der Waals surface area contributed by atoms with E-state index < -0.39 is 0 Å². The number of amides is 1. The molecule has 0 heterocycles. The molecule has 1 N–H and O–H groups in total. The van der Waals surface area contributed by atoms with E-state index in [1.165, 1.54) is 5.56 Å². The lowest BCUT2D eigenvalue weighted by Crippen LogP contribution is -2.20. The molecule has 2 rings (SSSR count). The molecule has 4 heteroatoms. The van der Waals surface area contributed by atoms with Crippen LogP contribution >= 0.6 is 0 Å². The maximum Gasteiger partial charge on any atom is 0.271 e.